The second kappa shape index (κ2) is 39.1. The molecule has 0 spiro atoms. The van der Waals surface area contributed by atoms with Gasteiger partial charge in [0.1, 0.15) is 23.0 Å². The van der Waals surface area contributed by atoms with Crippen LogP contribution in [0.1, 0.15) is 275 Å². The Bertz CT molecular complexity index is 3080. The quantitative estimate of drug-likeness (QED) is 0.0405. The summed E-state index contributed by atoms with van der Waals surface area (Å²) in [5.74, 6) is 2.71. The topological polar surface area (TPSA) is 267 Å². The molecule has 22 nitrogen and oxygen atoms in total. The molecule has 4 aromatic rings. The molecule has 0 aromatic carbocycles. The smallest absolute Gasteiger partial charge is 0.160 e. The second-order valence-corrected chi connectivity index (χ2v) is 34.5. The minimum Gasteiger partial charge on any atom is -0.395 e. The number of aliphatic hydroxyl groups is 1. The van der Waals surface area contributed by atoms with E-state index in [-0.39, 0.29) is 96.6 Å². The summed E-state index contributed by atoms with van der Waals surface area (Å²) in [6.07, 6.45) is 13.0. The van der Waals surface area contributed by atoms with Crippen LogP contribution < -0.4 is 5.32 Å². The predicted molar refractivity (Wildman–Crippen MR) is 392 cm³/mol. The SMILES string of the molecule is CC(C)(Br)C(=O)Cc1cc(C(C)(C)COC2CCCCO2)no1.CC[C@H](C)N(C)C(C)(C)C(=O)Cc1cc(C(C)(C)CO)no1.CC[C@H](C)N(C)C(C)(C)C(=O)Cc1cc(C(C)(C)COC2CCCCO2)no1.CC[C@H](C)NC(C)(C)C(=O)Cc1cc(C(C)(C)COC2CCCCO2)no1. The van der Waals surface area contributed by atoms with Gasteiger partial charge in [-0.2, -0.15) is 0 Å². The molecule has 3 aliphatic rings. The standard InChI is InChI=1S/C22H38N2O4.C21H36N2O4.C17H26BrNO4.C17H30N2O3/c1-8-16(2)24(7)22(5,6)19(25)14-17-13-18(23-28-17)21(3,4)15-27-20-11-9-10-12-26-20;1-7-15(2)22-21(5,6)18(24)13-16-12-17(23-27-16)20(3,4)14-26-19-10-8-9-11-25-19;1-16(2,11-22-15-7-5-6-8-21-15)13-9-12(23-19-13)10-14(20)17(3,4)18;1-8-12(2)19(7)17(5,6)15(21)10-13-9-14(18-22-13)16(3,4)11-20/h13,16,20H,8-12,14-15H2,1-7H3;12,15,19,22H,7-11,13-14H2,1-6H3;9,15H,5-8,10-11H2,1-4H3;9,12,20H,8,10-11H2,1-7H3/t16-,20?;15-,19?;;12-/m00.0/s1. The lowest BCUT2D eigenvalue weighted by Crippen LogP contribution is -2.52. The minimum atomic E-state index is -0.598. The molecule has 23 heteroatoms. The molecule has 3 saturated heterocycles. The van der Waals surface area contributed by atoms with Crippen molar-refractivity contribution < 1.29 is 70.8 Å². The Hall–Kier alpha value is -4.40. The Balaban J connectivity index is 0.000000284. The Labute approximate surface area is 607 Å². The van der Waals surface area contributed by atoms with E-state index in [9.17, 15) is 24.3 Å². The Morgan fingerprint density at radius 1 is 0.480 bits per heavy atom. The zero-order chi connectivity index (χ0) is 75.2. The predicted octanol–water partition coefficient (Wildman–Crippen LogP) is 14.2. The van der Waals surface area contributed by atoms with Crippen LogP contribution in [0.5, 0.6) is 0 Å². The molecule has 0 aliphatic carbocycles. The number of ether oxygens (including phenoxy) is 6. The average molecular weight is 1470 g/mol. The molecule has 7 rings (SSSR count). The first kappa shape index (κ1) is 88.0. The summed E-state index contributed by atoms with van der Waals surface area (Å²) in [6.45, 7) is 47.9. The van der Waals surface area contributed by atoms with Crippen LogP contribution in [-0.4, -0.2) is 177 Å². The van der Waals surface area contributed by atoms with Gasteiger partial charge in [0.2, 0.25) is 0 Å². The van der Waals surface area contributed by atoms with Crippen molar-refractivity contribution in [3.05, 3.63) is 70.1 Å². The van der Waals surface area contributed by atoms with Gasteiger partial charge in [0.05, 0.1) is 95.8 Å². The highest BCUT2D eigenvalue weighted by Crippen LogP contribution is 2.32. The van der Waals surface area contributed by atoms with Crippen molar-refractivity contribution >= 4 is 39.1 Å². The number of halogens is 1. The number of carbonyl (C=O) groups excluding carboxylic acids is 4. The number of hydrogen-bond acceptors (Lipinski definition) is 22. The summed E-state index contributed by atoms with van der Waals surface area (Å²) in [6, 6.07) is 8.34. The number of Topliss-reactive ketones (excluding diaryl/α,β-unsaturated/α-hetero) is 4. The highest BCUT2D eigenvalue weighted by molar-refractivity contribution is 9.10. The lowest BCUT2D eigenvalue weighted by molar-refractivity contribution is -0.170. The Morgan fingerprint density at radius 2 is 0.770 bits per heavy atom. The van der Waals surface area contributed by atoms with Crippen LogP contribution in [-0.2, 0) is 94.9 Å². The van der Waals surface area contributed by atoms with Gasteiger partial charge in [-0.15, -0.1) is 0 Å². The maximum absolute atomic E-state index is 12.9. The molecule has 100 heavy (non-hydrogen) atoms. The van der Waals surface area contributed by atoms with Crippen LogP contribution >= 0.6 is 15.9 Å². The van der Waals surface area contributed by atoms with E-state index < -0.39 is 26.4 Å². The molecule has 7 heterocycles. The number of aromatic nitrogens is 4. The summed E-state index contributed by atoms with van der Waals surface area (Å²) >= 11 is 3.37. The second-order valence-electron chi connectivity index (χ2n) is 32.5. The zero-order valence-corrected chi connectivity index (χ0v) is 67.3. The van der Waals surface area contributed by atoms with Crippen molar-refractivity contribution in [2.24, 2.45) is 0 Å². The number of likely N-dealkylation sites (N-methyl/N-ethyl adjacent to an activating group) is 2. The first-order valence-corrected chi connectivity index (χ1v) is 37.5. The third kappa shape index (κ3) is 27.3. The first-order valence-electron chi connectivity index (χ1n) is 36.7. The van der Waals surface area contributed by atoms with Crippen LogP contribution in [0.3, 0.4) is 0 Å². The summed E-state index contributed by atoms with van der Waals surface area (Å²) in [5.41, 5.74) is -0.0240. The molecular formula is C77H130BrN7O15. The van der Waals surface area contributed by atoms with E-state index >= 15 is 0 Å². The van der Waals surface area contributed by atoms with Crippen LogP contribution in [0.4, 0.5) is 0 Å². The number of nitrogens with zero attached hydrogens (tertiary/aromatic N) is 6. The number of ketones is 4. The minimum absolute atomic E-state index is 0.0187. The van der Waals surface area contributed by atoms with Gasteiger partial charge >= 0.3 is 0 Å². The lowest BCUT2D eigenvalue weighted by atomic mass is 9.89. The molecule has 2 N–H and O–H groups in total. The molecule has 570 valence electrons. The molecular weight excluding hydrogens is 1340 g/mol. The molecule has 3 unspecified atom stereocenters. The third-order valence-corrected chi connectivity index (χ3v) is 20.7. The van der Waals surface area contributed by atoms with Crippen molar-refractivity contribution in [3.8, 4) is 0 Å². The maximum Gasteiger partial charge on any atom is 0.160 e. The highest BCUT2D eigenvalue weighted by atomic mass is 79.9. The number of rotatable bonds is 35. The van der Waals surface area contributed by atoms with Crippen molar-refractivity contribution in [1.82, 2.24) is 35.7 Å². The van der Waals surface area contributed by atoms with Crippen LogP contribution in [0, 0.1) is 0 Å². The van der Waals surface area contributed by atoms with Crippen molar-refractivity contribution in [1.29, 1.82) is 0 Å². The number of hydrogen-bond donors (Lipinski definition) is 2. The molecule has 4 aromatic heterocycles. The van der Waals surface area contributed by atoms with Gasteiger partial charge in [-0.3, -0.25) is 29.0 Å². The van der Waals surface area contributed by atoms with E-state index in [1.807, 2.05) is 115 Å². The van der Waals surface area contributed by atoms with E-state index in [0.717, 1.165) is 114 Å². The van der Waals surface area contributed by atoms with Crippen molar-refractivity contribution in [2.45, 2.75) is 335 Å². The summed E-state index contributed by atoms with van der Waals surface area (Å²) in [5, 5.41) is 29.3. The van der Waals surface area contributed by atoms with E-state index in [1.165, 1.54) is 0 Å². The number of alkyl halides is 1. The van der Waals surface area contributed by atoms with E-state index in [1.54, 1.807) is 6.07 Å². The molecule has 0 saturated carbocycles. The lowest BCUT2D eigenvalue weighted by Gasteiger charge is -2.38. The van der Waals surface area contributed by atoms with E-state index in [0.29, 0.717) is 60.6 Å². The number of nitrogens with one attached hydrogen (secondary N) is 1. The number of carbonyl (C=O) groups is 4. The van der Waals surface area contributed by atoms with Gasteiger partial charge < -0.3 is 56.9 Å². The average Bonchev–Trinajstić information content (AvgIpc) is 1.62. The van der Waals surface area contributed by atoms with Gasteiger partial charge in [-0.25, -0.2) is 0 Å². The van der Waals surface area contributed by atoms with Crippen LogP contribution in [0.25, 0.3) is 0 Å². The molecule has 0 radical (unpaired) electrons. The fourth-order valence-electron chi connectivity index (χ4n) is 10.9. The fraction of sp³-hybridized carbons (Fsp3) is 0.792. The van der Waals surface area contributed by atoms with Gasteiger partial charge in [-0.1, -0.05) is 113 Å². The largest absolute Gasteiger partial charge is 0.395 e. The molecule has 0 bridgehead atoms. The van der Waals surface area contributed by atoms with Gasteiger partial charge in [0, 0.05) is 83.9 Å². The Kier molecular flexibility index (Phi) is 34.4. The number of aliphatic hydroxyl groups excluding tert-OH is 1. The van der Waals surface area contributed by atoms with Gasteiger partial charge in [0.25, 0.3) is 0 Å². The summed E-state index contributed by atoms with van der Waals surface area (Å²) in [4.78, 5) is 54.5. The summed E-state index contributed by atoms with van der Waals surface area (Å²) < 4.78 is 55.6. The monoisotopic (exact) mass is 1470 g/mol. The van der Waals surface area contributed by atoms with Crippen molar-refractivity contribution in [2.75, 3.05) is 60.3 Å². The molecule has 3 aliphatic heterocycles. The third-order valence-electron chi connectivity index (χ3n) is 20.3. The maximum atomic E-state index is 12.9. The molecule has 0 amide bonds. The van der Waals surface area contributed by atoms with E-state index in [4.69, 9.17) is 46.5 Å². The normalized spacial score (nSPS) is 18.6. The zero-order valence-electron chi connectivity index (χ0n) is 65.8. The van der Waals surface area contributed by atoms with Crippen LogP contribution in [0.15, 0.2) is 42.4 Å². The van der Waals surface area contributed by atoms with Gasteiger partial charge in [0.15, 0.2) is 42.0 Å². The van der Waals surface area contributed by atoms with Gasteiger partial charge in [-0.05, 0) is 167 Å². The molecule has 6 atom stereocenters. The molecule has 3 fully saturated rings. The fourth-order valence-corrected chi connectivity index (χ4v) is 11.1. The van der Waals surface area contributed by atoms with Crippen molar-refractivity contribution in [3.63, 3.8) is 0 Å². The highest BCUT2D eigenvalue weighted by Gasteiger charge is 2.39. The van der Waals surface area contributed by atoms with E-state index in [2.05, 4.69) is 121 Å². The Morgan fingerprint density at radius 3 is 1.03 bits per heavy atom. The first-order chi connectivity index (χ1) is 46.5. The van der Waals surface area contributed by atoms with Crippen LogP contribution in [0.2, 0.25) is 0 Å². The summed E-state index contributed by atoms with van der Waals surface area (Å²) in [7, 11) is 3.98.